The minimum absolute atomic E-state index is 0.208. The molecule has 0 spiro atoms. The minimum atomic E-state index is -0.208. The summed E-state index contributed by atoms with van der Waals surface area (Å²) in [6.45, 7) is 1.96. The van der Waals surface area contributed by atoms with Gasteiger partial charge < -0.3 is 14.4 Å². The number of rotatable bonds is 4. The highest BCUT2D eigenvalue weighted by atomic mass is 35.5. The Morgan fingerprint density at radius 1 is 1.06 bits per heavy atom. The molecule has 35 heavy (non-hydrogen) atoms. The van der Waals surface area contributed by atoms with E-state index in [0.717, 1.165) is 48.0 Å². The van der Waals surface area contributed by atoms with Crippen LogP contribution in [0.25, 0.3) is 38.9 Å². The van der Waals surface area contributed by atoms with Crippen LogP contribution in [0.5, 0.6) is 0 Å². The number of piperidine rings is 1. The van der Waals surface area contributed by atoms with Gasteiger partial charge in [0.2, 0.25) is 0 Å². The van der Waals surface area contributed by atoms with E-state index in [1.54, 1.807) is 18.2 Å². The van der Waals surface area contributed by atoms with Crippen molar-refractivity contribution in [1.29, 1.82) is 0 Å². The van der Waals surface area contributed by atoms with Crippen LogP contribution < -0.4 is 0 Å². The molecular weight excluding hydrogens is 483 g/mol. The lowest BCUT2D eigenvalue weighted by molar-refractivity contribution is 0.212. The second kappa shape index (κ2) is 8.91. The number of hydrogen-bond acceptors (Lipinski definition) is 5. The molecule has 1 fully saturated rings. The fourth-order valence-corrected chi connectivity index (χ4v) is 5.51. The summed E-state index contributed by atoms with van der Waals surface area (Å²) in [7, 11) is 2.16. The number of aliphatic hydroxyl groups excluding tert-OH is 1. The summed E-state index contributed by atoms with van der Waals surface area (Å²) < 4.78 is 3.97. The maximum Gasteiger partial charge on any atom is 0.147 e. The topological polar surface area (TPSA) is 71.5 Å². The van der Waals surface area contributed by atoms with Crippen LogP contribution in [-0.4, -0.2) is 54.3 Å². The summed E-state index contributed by atoms with van der Waals surface area (Å²) in [6, 6.07) is 9.76. The summed E-state index contributed by atoms with van der Waals surface area (Å²) in [5.41, 5.74) is 5.29. The van der Waals surface area contributed by atoms with Gasteiger partial charge in [0.25, 0.3) is 0 Å². The Morgan fingerprint density at radius 2 is 1.83 bits per heavy atom. The van der Waals surface area contributed by atoms with Gasteiger partial charge in [0.15, 0.2) is 0 Å². The Balaban J connectivity index is 1.46. The van der Waals surface area contributed by atoms with E-state index in [1.165, 1.54) is 0 Å². The molecule has 9 heteroatoms. The highest BCUT2D eigenvalue weighted by Gasteiger charge is 2.21. The number of halogens is 2. The fraction of sp³-hybridized carbons (Fsp3) is 0.269. The Labute approximate surface area is 212 Å². The van der Waals surface area contributed by atoms with Crippen LogP contribution in [0.15, 0.2) is 55.1 Å². The minimum Gasteiger partial charge on any atom is -0.390 e. The van der Waals surface area contributed by atoms with Gasteiger partial charge >= 0.3 is 0 Å². The Bertz CT molecular complexity index is 1530. The normalized spacial score (nSPS) is 15.4. The number of likely N-dealkylation sites (tertiary alicyclic amines) is 1. The van der Waals surface area contributed by atoms with Gasteiger partial charge in [0, 0.05) is 40.7 Å². The Hall–Kier alpha value is -2.97. The molecule has 4 aromatic heterocycles. The number of pyridine rings is 2. The lowest BCUT2D eigenvalue weighted by atomic mass is 10.1. The van der Waals surface area contributed by atoms with Crippen molar-refractivity contribution in [3.05, 3.63) is 70.9 Å². The maximum absolute atomic E-state index is 10.2. The van der Waals surface area contributed by atoms with Crippen LogP contribution in [0, 0.1) is 0 Å². The van der Waals surface area contributed by atoms with Gasteiger partial charge in [0.05, 0.1) is 45.8 Å². The third-order valence-corrected chi connectivity index (χ3v) is 7.53. The van der Waals surface area contributed by atoms with E-state index in [-0.39, 0.29) is 6.61 Å². The van der Waals surface area contributed by atoms with Crippen LogP contribution in [0.4, 0.5) is 0 Å². The lowest BCUT2D eigenvalue weighted by Gasteiger charge is -2.28. The van der Waals surface area contributed by atoms with E-state index in [1.807, 2.05) is 29.1 Å². The first kappa shape index (κ1) is 22.5. The highest BCUT2D eigenvalue weighted by Crippen LogP contribution is 2.37. The summed E-state index contributed by atoms with van der Waals surface area (Å²) in [5, 5.41) is 16.7. The molecule has 1 saturated heterocycles. The van der Waals surface area contributed by atoms with Crippen LogP contribution in [-0.2, 0) is 6.61 Å². The number of fused-ring (bicyclic) bond motifs is 3. The number of nitrogens with zero attached hydrogens (tertiary/aromatic N) is 6. The first-order valence-corrected chi connectivity index (χ1v) is 12.4. The van der Waals surface area contributed by atoms with E-state index in [4.69, 9.17) is 33.2 Å². The second-order valence-corrected chi connectivity index (χ2v) is 9.89. The van der Waals surface area contributed by atoms with Gasteiger partial charge in [-0.05, 0) is 57.2 Å². The highest BCUT2D eigenvalue weighted by molar-refractivity contribution is 6.39. The first-order chi connectivity index (χ1) is 17.0. The Kier molecular flexibility index (Phi) is 5.73. The van der Waals surface area contributed by atoms with E-state index in [0.29, 0.717) is 38.7 Å². The molecule has 0 amide bonds. The quantitative estimate of drug-likeness (QED) is 0.349. The largest absolute Gasteiger partial charge is 0.390 e. The van der Waals surface area contributed by atoms with Gasteiger partial charge in [-0.1, -0.05) is 29.3 Å². The molecule has 0 saturated carbocycles. The predicted octanol–water partition coefficient (Wildman–Crippen LogP) is 5.48. The molecule has 1 aliphatic rings. The van der Waals surface area contributed by atoms with Crippen molar-refractivity contribution < 1.29 is 5.11 Å². The smallest absolute Gasteiger partial charge is 0.147 e. The molecule has 7 nitrogen and oxygen atoms in total. The third kappa shape index (κ3) is 3.89. The zero-order chi connectivity index (χ0) is 24.1. The summed E-state index contributed by atoms with van der Waals surface area (Å²) in [6.07, 6.45) is 9.95. The molecule has 0 unspecified atom stereocenters. The molecule has 1 aromatic carbocycles. The Morgan fingerprint density at radius 3 is 2.57 bits per heavy atom. The van der Waals surface area contributed by atoms with Crippen LogP contribution in [0.1, 0.15) is 24.6 Å². The van der Waals surface area contributed by atoms with Crippen molar-refractivity contribution in [1.82, 2.24) is 29.0 Å². The fourth-order valence-electron chi connectivity index (χ4n) is 4.93. The molecule has 1 N–H and O–H groups in total. The van der Waals surface area contributed by atoms with Crippen LogP contribution in [0.2, 0.25) is 10.0 Å². The van der Waals surface area contributed by atoms with Crippen molar-refractivity contribution in [3.63, 3.8) is 0 Å². The van der Waals surface area contributed by atoms with E-state index in [9.17, 15) is 5.11 Å². The third-order valence-electron chi connectivity index (χ3n) is 6.90. The zero-order valence-corrected chi connectivity index (χ0v) is 20.7. The molecule has 5 heterocycles. The van der Waals surface area contributed by atoms with E-state index < -0.39 is 0 Å². The first-order valence-electron chi connectivity index (χ1n) is 11.6. The lowest BCUT2D eigenvalue weighted by Crippen LogP contribution is -2.31. The molecule has 5 aromatic rings. The predicted molar refractivity (Wildman–Crippen MR) is 139 cm³/mol. The summed E-state index contributed by atoms with van der Waals surface area (Å²) in [4.78, 5) is 11.9. The van der Waals surface area contributed by atoms with Gasteiger partial charge in [-0.25, -0.2) is 4.98 Å². The number of aliphatic hydroxyl groups is 1. The molecular formula is C26H24Cl2N6O. The van der Waals surface area contributed by atoms with Gasteiger partial charge in [0.1, 0.15) is 5.65 Å². The van der Waals surface area contributed by atoms with E-state index >= 15 is 0 Å². The van der Waals surface area contributed by atoms with Crippen molar-refractivity contribution in [3.8, 4) is 22.4 Å². The standard InChI is InChI=1S/C26H24Cl2N6O/c1-32-8-5-18(6-9-32)34-14-17(13-30-34)16-11-19-22(29-12-16)7-10-33-23(15-35)25(31-26(19)33)24-20(27)3-2-4-21(24)28/h2-4,7,10-14,18,35H,5-6,8-9,15H2,1H3. The van der Waals surface area contributed by atoms with E-state index in [2.05, 4.69) is 34.0 Å². The average molecular weight is 507 g/mol. The summed E-state index contributed by atoms with van der Waals surface area (Å²) in [5.74, 6) is 0. The number of hydrogen-bond donors (Lipinski definition) is 1. The molecule has 6 rings (SSSR count). The summed E-state index contributed by atoms with van der Waals surface area (Å²) >= 11 is 13.0. The number of benzene rings is 1. The van der Waals surface area contributed by atoms with Gasteiger partial charge in [-0.3, -0.25) is 9.67 Å². The second-order valence-electron chi connectivity index (χ2n) is 9.07. The molecule has 178 valence electrons. The number of aromatic nitrogens is 5. The van der Waals surface area contributed by atoms with Crippen molar-refractivity contribution >= 4 is 39.8 Å². The van der Waals surface area contributed by atoms with Crippen molar-refractivity contribution in [2.24, 2.45) is 0 Å². The monoisotopic (exact) mass is 506 g/mol. The maximum atomic E-state index is 10.2. The van der Waals surface area contributed by atoms with Crippen LogP contribution in [0.3, 0.4) is 0 Å². The zero-order valence-electron chi connectivity index (χ0n) is 19.2. The van der Waals surface area contributed by atoms with Crippen molar-refractivity contribution in [2.75, 3.05) is 20.1 Å². The molecule has 0 bridgehead atoms. The number of imidazole rings is 1. The SMILES string of the molecule is CN1CCC(n2cc(-c3cnc4ccn5c(CO)c(-c6c(Cl)cccc6Cl)nc5c4c3)cn2)CC1. The van der Waals surface area contributed by atoms with Crippen LogP contribution >= 0.6 is 23.2 Å². The average Bonchev–Trinajstić information content (AvgIpc) is 3.49. The molecule has 0 radical (unpaired) electrons. The van der Waals surface area contributed by atoms with Gasteiger partial charge in [-0.2, -0.15) is 5.10 Å². The molecule has 0 atom stereocenters. The molecule has 0 aliphatic carbocycles. The molecule has 1 aliphatic heterocycles. The van der Waals surface area contributed by atoms with Gasteiger partial charge in [-0.15, -0.1) is 0 Å². The van der Waals surface area contributed by atoms with Crippen molar-refractivity contribution in [2.45, 2.75) is 25.5 Å².